The summed E-state index contributed by atoms with van der Waals surface area (Å²) in [7, 11) is -3.80. The molecule has 0 atom stereocenters. The minimum absolute atomic E-state index is 0.0820. The van der Waals surface area contributed by atoms with Gasteiger partial charge in [-0.2, -0.15) is 0 Å². The van der Waals surface area contributed by atoms with Crippen LogP contribution in [0.2, 0.25) is 0 Å². The molecule has 0 bridgehead atoms. The molecule has 0 spiro atoms. The summed E-state index contributed by atoms with van der Waals surface area (Å²) < 4.78 is 28.1. The molecule has 108 valence electrons. The Bertz CT molecular complexity index is 501. The second kappa shape index (κ2) is 7.35. The molecule has 6 heteroatoms. The van der Waals surface area contributed by atoms with E-state index >= 15 is 0 Å². The summed E-state index contributed by atoms with van der Waals surface area (Å²) in [5.41, 5.74) is 5.83. The van der Waals surface area contributed by atoms with Crippen molar-refractivity contribution in [3.63, 3.8) is 0 Å². The molecule has 0 radical (unpaired) electrons. The number of anilines is 1. The lowest BCUT2D eigenvalue weighted by Crippen LogP contribution is -2.15. The van der Waals surface area contributed by atoms with Gasteiger partial charge in [-0.15, -0.1) is 0 Å². The number of primary sulfonamides is 1. The molecule has 0 saturated carbocycles. The van der Waals surface area contributed by atoms with E-state index in [0.29, 0.717) is 12.4 Å². The van der Waals surface area contributed by atoms with Gasteiger partial charge in [-0.05, 0) is 18.6 Å². The zero-order chi connectivity index (χ0) is 14.3. The van der Waals surface area contributed by atoms with Crippen molar-refractivity contribution in [3.8, 4) is 5.75 Å². The van der Waals surface area contributed by atoms with Crippen LogP contribution in [-0.4, -0.2) is 15.0 Å². The maximum Gasteiger partial charge on any atom is 0.240 e. The van der Waals surface area contributed by atoms with Gasteiger partial charge in [0.1, 0.15) is 10.6 Å². The Morgan fingerprint density at radius 3 is 2.47 bits per heavy atom. The highest BCUT2D eigenvalue weighted by Gasteiger charge is 2.15. The largest absolute Gasteiger partial charge is 0.491 e. The van der Waals surface area contributed by atoms with Crippen molar-refractivity contribution in [2.24, 2.45) is 5.14 Å². The van der Waals surface area contributed by atoms with Gasteiger partial charge < -0.3 is 10.5 Å². The fourth-order valence-corrected chi connectivity index (χ4v) is 2.46. The highest BCUT2D eigenvalue weighted by atomic mass is 32.2. The Kier molecular flexibility index (Phi) is 6.11. The molecular formula is C13H22N2O3S. The van der Waals surface area contributed by atoms with Crippen molar-refractivity contribution in [1.29, 1.82) is 0 Å². The van der Waals surface area contributed by atoms with Crippen LogP contribution in [0.3, 0.4) is 0 Å². The fourth-order valence-electron chi connectivity index (χ4n) is 1.79. The van der Waals surface area contributed by atoms with E-state index < -0.39 is 10.0 Å². The first-order chi connectivity index (χ1) is 8.96. The van der Waals surface area contributed by atoms with Gasteiger partial charge in [0, 0.05) is 0 Å². The summed E-state index contributed by atoms with van der Waals surface area (Å²) in [6.07, 6.45) is 5.64. The van der Waals surface area contributed by atoms with E-state index in [4.69, 9.17) is 15.6 Å². The fraction of sp³-hybridized carbons (Fsp3) is 0.538. The number of para-hydroxylation sites is 1. The van der Waals surface area contributed by atoms with Gasteiger partial charge in [-0.25, -0.2) is 13.6 Å². The average Bonchev–Trinajstić information content (AvgIpc) is 2.34. The SMILES string of the molecule is CCCCCCCOc1cccc(S(N)(=O)=O)c1N. The molecule has 0 aromatic heterocycles. The second-order valence-corrected chi connectivity index (χ2v) is 6.01. The Morgan fingerprint density at radius 2 is 1.84 bits per heavy atom. The summed E-state index contributed by atoms with van der Waals surface area (Å²) in [5.74, 6) is 0.377. The molecular weight excluding hydrogens is 264 g/mol. The van der Waals surface area contributed by atoms with Crippen molar-refractivity contribution >= 4 is 15.7 Å². The molecule has 0 aliphatic carbocycles. The first-order valence-corrected chi connectivity index (χ1v) is 8.05. The normalized spacial score (nSPS) is 11.5. The third kappa shape index (κ3) is 5.08. The van der Waals surface area contributed by atoms with Crippen LogP contribution >= 0.6 is 0 Å². The van der Waals surface area contributed by atoms with E-state index in [2.05, 4.69) is 6.92 Å². The van der Waals surface area contributed by atoms with Gasteiger partial charge >= 0.3 is 0 Å². The number of nitrogens with two attached hydrogens (primary N) is 2. The molecule has 4 N–H and O–H groups in total. The predicted molar refractivity (Wildman–Crippen MR) is 76.5 cm³/mol. The molecule has 0 fully saturated rings. The molecule has 1 aromatic carbocycles. The van der Waals surface area contributed by atoms with Gasteiger partial charge in [0.25, 0.3) is 0 Å². The summed E-state index contributed by atoms with van der Waals surface area (Å²) in [5, 5.41) is 5.07. The summed E-state index contributed by atoms with van der Waals surface area (Å²) in [6.45, 7) is 2.69. The third-order valence-corrected chi connectivity index (χ3v) is 3.81. The average molecular weight is 286 g/mol. The molecule has 0 saturated heterocycles. The minimum Gasteiger partial charge on any atom is -0.491 e. The number of nitrogen functional groups attached to an aromatic ring is 1. The first kappa shape index (κ1) is 15.8. The number of unbranched alkanes of at least 4 members (excludes halogenated alkanes) is 4. The Balaban J connectivity index is 2.56. The van der Waals surface area contributed by atoms with E-state index in [1.165, 1.54) is 25.3 Å². The molecule has 5 nitrogen and oxygen atoms in total. The number of rotatable bonds is 8. The molecule has 0 amide bonds. The third-order valence-electron chi connectivity index (χ3n) is 2.84. The van der Waals surface area contributed by atoms with Crippen molar-refractivity contribution in [1.82, 2.24) is 0 Å². The highest BCUT2D eigenvalue weighted by Crippen LogP contribution is 2.27. The second-order valence-electron chi connectivity index (χ2n) is 4.48. The number of hydrogen-bond acceptors (Lipinski definition) is 4. The van der Waals surface area contributed by atoms with Crippen LogP contribution < -0.4 is 15.6 Å². The van der Waals surface area contributed by atoms with Crippen LogP contribution in [0, 0.1) is 0 Å². The number of sulfonamides is 1. The Hall–Kier alpha value is -1.27. The van der Waals surface area contributed by atoms with Crippen molar-refractivity contribution in [2.75, 3.05) is 12.3 Å². The van der Waals surface area contributed by atoms with Crippen LogP contribution in [0.5, 0.6) is 5.75 Å². The monoisotopic (exact) mass is 286 g/mol. The van der Waals surface area contributed by atoms with Crippen LogP contribution in [-0.2, 0) is 10.0 Å². The standard InChI is InChI=1S/C13H22N2O3S/c1-2-3-4-5-6-10-18-11-8-7-9-12(13(11)14)19(15,16)17/h7-9H,2-6,10,14H2,1H3,(H2,15,16,17). The maximum atomic E-state index is 11.3. The molecule has 0 aliphatic heterocycles. The van der Waals surface area contributed by atoms with Crippen molar-refractivity contribution in [2.45, 2.75) is 43.9 Å². The van der Waals surface area contributed by atoms with Gasteiger partial charge in [-0.1, -0.05) is 38.7 Å². The number of benzene rings is 1. The lowest BCUT2D eigenvalue weighted by molar-refractivity contribution is 0.305. The highest BCUT2D eigenvalue weighted by molar-refractivity contribution is 7.89. The lowest BCUT2D eigenvalue weighted by Gasteiger charge is -2.11. The topological polar surface area (TPSA) is 95.4 Å². The molecule has 19 heavy (non-hydrogen) atoms. The van der Waals surface area contributed by atoms with Gasteiger partial charge in [-0.3, -0.25) is 0 Å². The molecule has 0 heterocycles. The molecule has 0 aliphatic rings. The summed E-state index contributed by atoms with van der Waals surface area (Å²) in [6, 6.07) is 4.59. The van der Waals surface area contributed by atoms with Crippen molar-refractivity contribution < 1.29 is 13.2 Å². The van der Waals surface area contributed by atoms with Crippen LogP contribution in [0.25, 0.3) is 0 Å². The van der Waals surface area contributed by atoms with Gasteiger partial charge in [0.15, 0.2) is 0 Å². The summed E-state index contributed by atoms with van der Waals surface area (Å²) >= 11 is 0. The summed E-state index contributed by atoms with van der Waals surface area (Å²) in [4.78, 5) is -0.0871. The Labute approximate surface area is 115 Å². The lowest BCUT2D eigenvalue weighted by atomic mass is 10.2. The molecule has 0 unspecified atom stereocenters. The van der Waals surface area contributed by atoms with Crippen molar-refractivity contribution in [3.05, 3.63) is 18.2 Å². The van der Waals surface area contributed by atoms with Crippen LogP contribution in [0.1, 0.15) is 39.0 Å². The maximum absolute atomic E-state index is 11.3. The van der Waals surface area contributed by atoms with Gasteiger partial charge in [0.05, 0.1) is 12.3 Å². The van der Waals surface area contributed by atoms with Crippen LogP contribution in [0.4, 0.5) is 5.69 Å². The zero-order valence-corrected chi connectivity index (χ0v) is 12.1. The van der Waals surface area contributed by atoms with E-state index in [0.717, 1.165) is 12.8 Å². The Morgan fingerprint density at radius 1 is 1.16 bits per heavy atom. The van der Waals surface area contributed by atoms with Gasteiger partial charge in [0.2, 0.25) is 10.0 Å². The van der Waals surface area contributed by atoms with E-state index in [9.17, 15) is 8.42 Å². The number of hydrogen-bond donors (Lipinski definition) is 2. The molecule has 1 aromatic rings. The number of ether oxygens (including phenoxy) is 1. The molecule has 1 rings (SSSR count). The van der Waals surface area contributed by atoms with E-state index in [1.54, 1.807) is 12.1 Å². The predicted octanol–water partition coefficient (Wildman–Crippen LogP) is 2.27. The zero-order valence-electron chi connectivity index (χ0n) is 11.3. The quantitative estimate of drug-likeness (QED) is 0.566. The van der Waals surface area contributed by atoms with E-state index in [1.807, 2.05) is 0 Å². The minimum atomic E-state index is -3.80. The first-order valence-electron chi connectivity index (χ1n) is 6.51. The van der Waals surface area contributed by atoms with E-state index in [-0.39, 0.29) is 10.6 Å². The van der Waals surface area contributed by atoms with Crippen LogP contribution in [0.15, 0.2) is 23.1 Å². The smallest absolute Gasteiger partial charge is 0.240 e.